The molecule has 0 saturated heterocycles. The molecule has 0 unspecified atom stereocenters. The molecule has 2 aliphatic rings. The van der Waals surface area contributed by atoms with E-state index in [0.717, 1.165) is 27.8 Å². The largest absolute Gasteiger partial charge is 0.311 e. The predicted octanol–water partition coefficient (Wildman–Crippen LogP) is 11.6. The molecule has 0 amide bonds. The molecular formula is C46H52BClN2. The summed E-state index contributed by atoms with van der Waals surface area (Å²) in [6, 6.07) is 37.0. The van der Waals surface area contributed by atoms with Gasteiger partial charge in [0.2, 0.25) is 0 Å². The van der Waals surface area contributed by atoms with Crippen LogP contribution in [0.15, 0.2) is 97.1 Å². The minimum absolute atomic E-state index is 0.00289. The quantitative estimate of drug-likeness (QED) is 0.168. The average Bonchev–Trinajstić information content (AvgIpc) is 3.02. The van der Waals surface area contributed by atoms with Crippen molar-refractivity contribution in [2.45, 2.75) is 105 Å². The Morgan fingerprint density at radius 2 is 0.720 bits per heavy atom. The highest BCUT2D eigenvalue weighted by Gasteiger charge is 2.44. The van der Waals surface area contributed by atoms with Crippen LogP contribution in [0.2, 0.25) is 5.02 Å². The molecule has 4 heteroatoms. The Kier molecular flexibility index (Phi) is 7.96. The fourth-order valence-corrected chi connectivity index (χ4v) is 7.89. The first kappa shape index (κ1) is 34.5. The van der Waals surface area contributed by atoms with Crippen LogP contribution >= 0.6 is 11.6 Å². The van der Waals surface area contributed by atoms with Gasteiger partial charge in [0.05, 0.1) is 0 Å². The number of hydrogen-bond donors (Lipinski definition) is 0. The molecule has 0 bridgehead atoms. The summed E-state index contributed by atoms with van der Waals surface area (Å²) in [6.07, 6.45) is 0. The Balaban J connectivity index is 1.57. The maximum atomic E-state index is 7.18. The number of halogens is 1. The summed E-state index contributed by atoms with van der Waals surface area (Å²) in [5.41, 5.74) is 16.4. The summed E-state index contributed by atoms with van der Waals surface area (Å²) in [7, 11) is 0. The van der Waals surface area contributed by atoms with Crippen LogP contribution in [0.25, 0.3) is 0 Å². The molecule has 0 radical (unpaired) electrons. The smallest absolute Gasteiger partial charge is 0.252 e. The Labute approximate surface area is 306 Å². The summed E-state index contributed by atoms with van der Waals surface area (Å²) in [5, 5.41) is 0.731. The molecule has 256 valence electrons. The summed E-state index contributed by atoms with van der Waals surface area (Å²) in [6.45, 7) is 27.6. The standard InChI is InChI=1S/C46H52BClN2/c1-43(2,3)29-13-19-34(20-14-29)49-38-23-17-31(45(7,8)9)25-36(38)47-37-26-32(46(10,11)12)18-24-39(37)50(41-28-33(48)27-40(49)42(41)47)35-21-15-30(16-22-35)44(4,5)6/h13-28H,1-12H3. The van der Waals surface area contributed by atoms with Crippen molar-refractivity contribution >= 4 is 68.8 Å². The van der Waals surface area contributed by atoms with E-state index in [1.165, 1.54) is 50.0 Å². The average molecular weight is 679 g/mol. The van der Waals surface area contributed by atoms with Gasteiger partial charge in [0.25, 0.3) is 6.71 Å². The lowest BCUT2D eigenvalue weighted by Gasteiger charge is -2.45. The molecule has 0 aliphatic carbocycles. The van der Waals surface area contributed by atoms with Crippen molar-refractivity contribution in [1.29, 1.82) is 0 Å². The first-order chi connectivity index (χ1) is 23.2. The fraction of sp³-hybridized carbons (Fsp3) is 0.348. The molecule has 2 aliphatic heterocycles. The van der Waals surface area contributed by atoms with Gasteiger partial charge in [-0.2, -0.15) is 0 Å². The van der Waals surface area contributed by atoms with Crippen molar-refractivity contribution in [3.63, 3.8) is 0 Å². The van der Waals surface area contributed by atoms with E-state index in [-0.39, 0.29) is 28.4 Å². The fourth-order valence-electron chi connectivity index (χ4n) is 7.68. The lowest BCUT2D eigenvalue weighted by Crippen LogP contribution is -2.61. The van der Waals surface area contributed by atoms with Gasteiger partial charge in [-0.3, -0.25) is 0 Å². The second-order valence-electron chi connectivity index (χ2n) is 18.6. The van der Waals surface area contributed by atoms with Crippen molar-refractivity contribution in [2.24, 2.45) is 0 Å². The first-order valence-electron chi connectivity index (χ1n) is 18.2. The number of benzene rings is 5. The number of rotatable bonds is 2. The van der Waals surface area contributed by atoms with Gasteiger partial charge >= 0.3 is 0 Å². The zero-order valence-corrected chi connectivity index (χ0v) is 32.8. The van der Waals surface area contributed by atoms with E-state index < -0.39 is 0 Å². The predicted molar refractivity (Wildman–Crippen MR) is 220 cm³/mol. The number of nitrogens with zero attached hydrogens (tertiary/aromatic N) is 2. The van der Waals surface area contributed by atoms with Crippen molar-refractivity contribution in [2.75, 3.05) is 9.80 Å². The van der Waals surface area contributed by atoms with Crippen LogP contribution in [0.5, 0.6) is 0 Å². The molecule has 5 aromatic carbocycles. The Hall–Kier alpha value is -3.95. The van der Waals surface area contributed by atoms with Gasteiger partial charge in [-0.25, -0.2) is 0 Å². The first-order valence-corrected chi connectivity index (χ1v) is 18.5. The minimum atomic E-state index is 0.00289. The summed E-state index contributed by atoms with van der Waals surface area (Å²) in [4.78, 5) is 4.91. The molecule has 0 spiro atoms. The highest BCUT2D eigenvalue weighted by molar-refractivity contribution is 7.00. The van der Waals surface area contributed by atoms with Gasteiger partial charge in [-0.1, -0.05) is 143 Å². The van der Waals surface area contributed by atoms with Crippen LogP contribution in [-0.2, 0) is 21.7 Å². The van der Waals surface area contributed by atoms with Gasteiger partial charge in [-0.05, 0) is 109 Å². The maximum absolute atomic E-state index is 7.18. The normalized spacial score (nSPS) is 14.4. The number of fused-ring (bicyclic) bond motifs is 4. The third kappa shape index (κ3) is 5.86. The van der Waals surface area contributed by atoms with E-state index in [1.807, 2.05) is 0 Å². The molecule has 7 rings (SSSR count). The van der Waals surface area contributed by atoms with Crippen LogP contribution in [0.1, 0.15) is 105 Å². The summed E-state index contributed by atoms with van der Waals surface area (Å²) < 4.78 is 0. The Morgan fingerprint density at radius 1 is 0.400 bits per heavy atom. The van der Waals surface area contributed by atoms with Gasteiger partial charge in [0.1, 0.15) is 0 Å². The van der Waals surface area contributed by atoms with E-state index in [0.29, 0.717) is 0 Å². The summed E-state index contributed by atoms with van der Waals surface area (Å²) in [5.74, 6) is 0. The van der Waals surface area contributed by atoms with Crippen molar-refractivity contribution in [3.05, 3.63) is 124 Å². The SMILES string of the molecule is CC(C)(C)c1ccc(N2c3ccc(C(C)(C)C)cc3B3c4cc(C(C)(C)C)ccc4N(c4ccc(C(C)(C)C)cc4)c4cc(Cl)cc2c43)cc1. The highest BCUT2D eigenvalue weighted by atomic mass is 35.5. The molecule has 0 saturated carbocycles. The third-order valence-corrected chi connectivity index (χ3v) is 11.0. The maximum Gasteiger partial charge on any atom is 0.252 e. The van der Waals surface area contributed by atoms with Crippen molar-refractivity contribution < 1.29 is 0 Å². The zero-order valence-electron chi connectivity index (χ0n) is 32.1. The second kappa shape index (κ2) is 11.5. The molecule has 0 atom stereocenters. The molecule has 5 aromatic rings. The number of anilines is 6. The van der Waals surface area contributed by atoms with Crippen LogP contribution in [0.3, 0.4) is 0 Å². The zero-order chi connectivity index (χ0) is 36.1. The number of hydrogen-bond acceptors (Lipinski definition) is 2. The molecule has 2 nitrogen and oxygen atoms in total. The lowest BCUT2D eigenvalue weighted by molar-refractivity contribution is 0.590. The second-order valence-corrected chi connectivity index (χ2v) is 19.0. The topological polar surface area (TPSA) is 6.48 Å². The molecule has 0 N–H and O–H groups in total. The van der Waals surface area contributed by atoms with E-state index in [2.05, 4.69) is 190 Å². The molecule has 0 fully saturated rings. The van der Waals surface area contributed by atoms with E-state index in [1.54, 1.807) is 0 Å². The highest BCUT2D eigenvalue weighted by Crippen LogP contribution is 2.46. The van der Waals surface area contributed by atoms with Crippen LogP contribution in [0, 0.1) is 0 Å². The van der Waals surface area contributed by atoms with Crippen LogP contribution in [0.4, 0.5) is 34.1 Å². The Morgan fingerprint density at radius 3 is 1.04 bits per heavy atom. The van der Waals surface area contributed by atoms with Crippen molar-refractivity contribution in [3.8, 4) is 0 Å². The molecule has 50 heavy (non-hydrogen) atoms. The van der Waals surface area contributed by atoms with Gasteiger partial charge in [-0.15, -0.1) is 0 Å². The third-order valence-electron chi connectivity index (χ3n) is 10.7. The minimum Gasteiger partial charge on any atom is -0.311 e. The molecule has 2 heterocycles. The van der Waals surface area contributed by atoms with Gasteiger partial charge < -0.3 is 9.80 Å². The lowest BCUT2D eigenvalue weighted by atomic mass is 9.33. The van der Waals surface area contributed by atoms with E-state index >= 15 is 0 Å². The summed E-state index contributed by atoms with van der Waals surface area (Å²) >= 11 is 7.18. The monoisotopic (exact) mass is 678 g/mol. The van der Waals surface area contributed by atoms with Crippen LogP contribution in [-0.4, -0.2) is 6.71 Å². The van der Waals surface area contributed by atoms with Crippen molar-refractivity contribution in [1.82, 2.24) is 0 Å². The van der Waals surface area contributed by atoms with E-state index in [9.17, 15) is 0 Å². The Bertz CT molecular complexity index is 1950. The molecule has 0 aromatic heterocycles. The van der Waals surface area contributed by atoms with E-state index in [4.69, 9.17) is 11.6 Å². The van der Waals surface area contributed by atoms with Gasteiger partial charge in [0, 0.05) is 39.1 Å². The van der Waals surface area contributed by atoms with Crippen LogP contribution < -0.4 is 26.2 Å². The van der Waals surface area contributed by atoms with Gasteiger partial charge in [0.15, 0.2) is 0 Å². The molecular weight excluding hydrogens is 627 g/mol.